The minimum Gasteiger partial charge on any atom is -0.392 e. The maximum atomic E-state index is 10.2. The van der Waals surface area contributed by atoms with Gasteiger partial charge in [0.25, 0.3) is 0 Å². The zero-order valence-electron chi connectivity index (χ0n) is 18.9. The maximum absolute atomic E-state index is 10.2. The van der Waals surface area contributed by atoms with E-state index in [1.807, 2.05) is 0 Å². The van der Waals surface area contributed by atoms with Gasteiger partial charge in [0.15, 0.2) is 0 Å². The number of benzene rings is 2. The molecule has 2 heteroatoms. The van der Waals surface area contributed by atoms with Gasteiger partial charge in [0.1, 0.15) is 0 Å². The third-order valence-electron chi connectivity index (χ3n) is 8.29. The Kier molecular flexibility index (Phi) is 6.76. The highest BCUT2D eigenvalue weighted by Crippen LogP contribution is 2.38. The molecule has 2 nitrogen and oxygen atoms in total. The quantitative estimate of drug-likeness (QED) is 0.572. The summed E-state index contributed by atoms with van der Waals surface area (Å²) in [5.74, 6) is 1.81. The van der Waals surface area contributed by atoms with Gasteiger partial charge >= 0.3 is 0 Å². The molecule has 3 aliphatic rings. The van der Waals surface area contributed by atoms with Crippen molar-refractivity contribution in [3.05, 3.63) is 70.8 Å². The summed E-state index contributed by atoms with van der Waals surface area (Å²) in [6, 6.07) is 19.3. The molecule has 2 N–H and O–H groups in total. The van der Waals surface area contributed by atoms with Gasteiger partial charge in [-0.3, -0.25) is 0 Å². The van der Waals surface area contributed by atoms with E-state index in [4.69, 9.17) is 0 Å². The fourth-order valence-corrected chi connectivity index (χ4v) is 6.48. The molecular weight excluding hydrogens is 378 g/mol. The van der Waals surface area contributed by atoms with E-state index in [9.17, 15) is 5.11 Å². The van der Waals surface area contributed by atoms with Crippen molar-refractivity contribution < 1.29 is 5.11 Å². The second kappa shape index (κ2) is 9.88. The molecule has 1 saturated heterocycles. The first-order valence-corrected chi connectivity index (χ1v) is 12.9. The molecule has 0 spiro atoms. The van der Waals surface area contributed by atoms with Crippen molar-refractivity contribution in [1.29, 1.82) is 0 Å². The molecule has 2 aromatic rings. The average molecular weight is 418 g/mol. The summed E-state index contributed by atoms with van der Waals surface area (Å²) in [7, 11) is 0. The van der Waals surface area contributed by atoms with Crippen LogP contribution in [0, 0.1) is 0 Å². The summed E-state index contributed by atoms with van der Waals surface area (Å²) in [4.78, 5) is 0. The number of aliphatic hydroxyl groups is 1. The van der Waals surface area contributed by atoms with Crippen molar-refractivity contribution in [2.24, 2.45) is 0 Å². The molecule has 2 aliphatic carbocycles. The highest BCUT2D eigenvalue weighted by molar-refractivity contribution is 5.39. The second-order valence-corrected chi connectivity index (χ2v) is 10.4. The van der Waals surface area contributed by atoms with Crippen molar-refractivity contribution in [3.63, 3.8) is 0 Å². The van der Waals surface area contributed by atoms with E-state index in [0.29, 0.717) is 18.5 Å². The first-order chi connectivity index (χ1) is 15.3. The van der Waals surface area contributed by atoms with Gasteiger partial charge in [-0.15, -0.1) is 0 Å². The third-order valence-corrected chi connectivity index (χ3v) is 8.29. The summed E-state index contributed by atoms with van der Waals surface area (Å²) in [5.41, 5.74) is 5.82. The largest absolute Gasteiger partial charge is 0.392 e. The smallest absolute Gasteiger partial charge is 0.0679 e. The summed E-state index contributed by atoms with van der Waals surface area (Å²) in [6.07, 6.45) is 14.3. The van der Waals surface area contributed by atoms with E-state index < -0.39 is 0 Å². The molecule has 5 rings (SSSR count). The van der Waals surface area contributed by atoms with E-state index in [-0.39, 0.29) is 6.10 Å². The Labute approximate surface area is 188 Å². The van der Waals surface area contributed by atoms with Crippen molar-refractivity contribution in [1.82, 2.24) is 5.32 Å². The van der Waals surface area contributed by atoms with Crippen molar-refractivity contribution >= 4 is 0 Å². The SMILES string of the molecule is O[C@H]1CNC(C(c2ccc(C3CCCCC3)cc2)c2ccc(C3CCCCC3)cc2)C1. The topological polar surface area (TPSA) is 32.3 Å². The normalized spacial score (nSPS) is 25.9. The van der Waals surface area contributed by atoms with Crippen LogP contribution in [0.3, 0.4) is 0 Å². The van der Waals surface area contributed by atoms with Gasteiger partial charge < -0.3 is 10.4 Å². The Hall–Kier alpha value is -1.64. The molecule has 0 bridgehead atoms. The molecule has 166 valence electrons. The molecular formula is C29H39NO. The molecule has 1 unspecified atom stereocenters. The lowest BCUT2D eigenvalue weighted by atomic mass is 9.79. The lowest BCUT2D eigenvalue weighted by molar-refractivity contribution is 0.192. The summed E-state index contributed by atoms with van der Waals surface area (Å²) in [6.45, 7) is 0.710. The van der Waals surface area contributed by atoms with Crippen LogP contribution in [0.4, 0.5) is 0 Å². The minimum absolute atomic E-state index is 0.226. The van der Waals surface area contributed by atoms with Crippen molar-refractivity contribution in [2.45, 2.75) is 101 Å². The summed E-state index contributed by atoms with van der Waals surface area (Å²) in [5, 5.41) is 13.8. The molecule has 31 heavy (non-hydrogen) atoms. The fraction of sp³-hybridized carbons (Fsp3) is 0.586. The van der Waals surface area contributed by atoms with Gasteiger partial charge in [0, 0.05) is 18.5 Å². The molecule has 0 radical (unpaired) electrons. The Morgan fingerprint density at radius 2 is 1.10 bits per heavy atom. The third kappa shape index (κ3) is 4.91. The number of rotatable bonds is 5. The van der Waals surface area contributed by atoms with E-state index in [1.54, 1.807) is 0 Å². The van der Waals surface area contributed by atoms with Crippen LogP contribution < -0.4 is 5.32 Å². The number of hydrogen-bond donors (Lipinski definition) is 2. The van der Waals surface area contributed by atoms with E-state index in [0.717, 1.165) is 18.3 Å². The van der Waals surface area contributed by atoms with Crippen LogP contribution >= 0.6 is 0 Å². The van der Waals surface area contributed by atoms with Crippen LogP contribution in [-0.4, -0.2) is 23.8 Å². The van der Waals surface area contributed by atoms with Crippen molar-refractivity contribution in [2.75, 3.05) is 6.54 Å². The number of aliphatic hydroxyl groups excluding tert-OH is 1. The second-order valence-electron chi connectivity index (χ2n) is 10.4. The molecule has 0 aromatic heterocycles. The highest BCUT2D eigenvalue weighted by Gasteiger charge is 2.32. The predicted molar refractivity (Wildman–Crippen MR) is 129 cm³/mol. The lowest BCUT2D eigenvalue weighted by Gasteiger charge is -2.27. The van der Waals surface area contributed by atoms with E-state index in [1.165, 1.54) is 86.5 Å². The summed E-state index contributed by atoms with van der Waals surface area (Å²) < 4.78 is 0. The minimum atomic E-state index is -0.226. The van der Waals surface area contributed by atoms with Gasteiger partial charge in [-0.05, 0) is 66.2 Å². The zero-order chi connectivity index (χ0) is 21.0. The summed E-state index contributed by atoms with van der Waals surface area (Å²) >= 11 is 0. The predicted octanol–water partition coefficient (Wildman–Crippen LogP) is 6.64. The number of β-amino-alcohol motifs (C(OH)–C–C–N with tert-alkyl or cyclic N) is 1. The van der Waals surface area contributed by atoms with Gasteiger partial charge in [-0.2, -0.15) is 0 Å². The van der Waals surface area contributed by atoms with Crippen LogP contribution in [-0.2, 0) is 0 Å². The van der Waals surface area contributed by atoms with Gasteiger partial charge in [-0.1, -0.05) is 87.1 Å². The average Bonchev–Trinajstić information content (AvgIpc) is 3.27. The monoisotopic (exact) mass is 417 g/mol. The van der Waals surface area contributed by atoms with Gasteiger partial charge in [-0.25, -0.2) is 0 Å². The molecule has 2 saturated carbocycles. The van der Waals surface area contributed by atoms with Gasteiger partial charge in [0.2, 0.25) is 0 Å². The van der Waals surface area contributed by atoms with E-state index in [2.05, 4.69) is 53.8 Å². The number of hydrogen-bond acceptors (Lipinski definition) is 2. The Morgan fingerprint density at radius 1 is 0.645 bits per heavy atom. The number of nitrogens with one attached hydrogen (secondary N) is 1. The highest BCUT2D eigenvalue weighted by atomic mass is 16.3. The fourth-order valence-electron chi connectivity index (χ4n) is 6.48. The Balaban J connectivity index is 1.39. The van der Waals surface area contributed by atoms with Crippen LogP contribution in [0.2, 0.25) is 0 Å². The first kappa shape index (κ1) is 21.2. The zero-order valence-corrected chi connectivity index (χ0v) is 18.9. The standard InChI is InChI=1S/C29H39NO/c31-27-19-28(30-20-27)29(25-15-11-23(12-16-25)21-7-3-1-4-8-21)26-17-13-24(14-18-26)22-9-5-2-6-10-22/h11-18,21-22,27-31H,1-10,19-20H2/t27-,28?/m1/s1. The molecule has 2 aromatic carbocycles. The van der Waals surface area contributed by atoms with Crippen LogP contribution in [0.15, 0.2) is 48.5 Å². The maximum Gasteiger partial charge on any atom is 0.0679 e. The molecule has 0 amide bonds. The van der Waals surface area contributed by atoms with Crippen LogP contribution in [0.1, 0.15) is 111 Å². The Bertz CT molecular complexity index is 753. The van der Waals surface area contributed by atoms with Crippen molar-refractivity contribution in [3.8, 4) is 0 Å². The molecule has 2 atom stereocenters. The molecule has 1 aliphatic heterocycles. The lowest BCUT2D eigenvalue weighted by Crippen LogP contribution is -2.29. The van der Waals surface area contributed by atoms with Crippen LogP contribution in [0.5, 0.6) is 0 Å². The van der Waals surface area contributed by atoms with Crippen LogP contribution in [0.25, 0.3) is 0 Å². The Morgan fingerprint density at radius 3 is 1.48 bits per heavy atom. The van der Waals surface area contributed by atoms with E-state index >= 15 is 0 Å². The first-order valence-electron chi connectivity index (χ1n) is 12.9. The van der Waals surface area contributed by atoms with Gasteiger partial charge in [0.05, 0.1) is 6.10 Å². The molecule has 3 fully saturated rings. The molecule has 1 heterocycles.